The van der Waals surface area contributed by atoms with Crippen LogP contribution in [0.25, 0.3) is 0 Å². The molecule has 0 aromatic heterocycles. The average Bonchev–Trinajstić information content (AvgIpc) is 2.81. The fourth-order valence-electron chi connectivity index (χ4n) is 1.97. The minimum Gasteiger partial charge on any atom is -0.378 e. The van der Waals surface area contributed by atoms with Gasteiger partial charge < -0.3 is 10.1 Å². The van der Waals surface area contributed by atoms with Crippen molar-refractivity contribution < 1.29 is 22.7 Å². The van der Waals surface area contributed by atoms with Gasteiger partial charge in [-0.2, -0.15) is 13.2 Å². The van der Waals surface area contributed by atoms with Gasteiger partial charge in [0.05, 0.1) is 18.1 Å². The number of halogens is 3. The highest BCUT2D eigenvalue weighted by molar-refractivity contribution is 5.91. The lowest BCUT2D eigenvalue weighted by Crippen LogP contribution is -2.19. The van der Waals surface area contributed by atoms with E-state index in [1.165, 1.54) is 12.1 Å². The van der Waals surface area contributed by atoms with Crippen LogP contribution in [0.3, 0.4) is 0 Å². The first kappa shape index (κ1) is 13.9. The molecule has 1 saturated heterocycles. The molecule has 0 aliphatic carbocycles. The summed E-state index contributed by atoms with van der Waals surface area (Å²) in [6.45, 7) is 0.665. The minimum absolute atomic E-state index is 0.0746. The Balaban J connectivity index is 1.90. The van der Waals surface area contributed by atoms with E-state index in [1.807, 2.05) is 0 Å². The molecule has 1 N–H and O–H groups in total. The Kier molecular flexibility index (Phi) is 4.09. The molecule has 2 rings (SSSR count). The van der Waals surface area contributed by atoms with E-state index in [0.717, 1.165) is 25.0 Å². The predicted molar refractivity (Wildman–Crippen MR) is 63.7 cm³/mol. The Morgan fingerprint density at radius 3 is 2.53 bits per heavy atom. The van der Waals surface area contributed by atoms with Crippen molar-refractivity contribution in [3.05, 3.63) is 29.8 Å². The normalized spacial score (nSPS) is 19.4. The number of carbonyl (C=O) groups is 1. The fraction of sp³-hybridized carbons (Fsp3) is 0.462. The van der Waals surface area contributed by atoms with Gasteiger partial charge in [0.1, 0.15) is 0 Å². The van der Waals surface area contributed by atoms with Crippen molar-refractivity contribution in [2.45, 2.75) is 31.5 Å². The van der Waals surface area contributed by atoms with Crippen LogP contribution in [0, 0.1) is 0 Å². The van der Waals surface area contributed by atoms with Crippen LogP contribution in [0.2, 0.25) is 0 Å². The summed E-state index contributed by atoms with van der Waals surface area (Å²) in [6, 6.07) is 4.38. The number of rotatable bonds is 3. The second-order valence-electron chi connectivity index (χ2n) is 4.46. The Morgan fingerprint density at radius 2 is 2.00 bits per heavy atom. The fourth-order valence-corrected chi connectivity index (χ4v) is 1.97. The summed E-state index contributed by atoms with van der Waals surface area (Å²) in [5.41, 5.74) is -0.374. The molecule has 1 unspecified atom stereocenters. The predicted octanol–water partition coefficient (Wildman–Crippen LogP) is 3.21. The standard InChI is InChI=1S/C13H14F3NO2/c14-13(15,16)9-3-5-10(6-4-9)17-12(18)8-11-2-1-7-19-11/h3-6,11H,1-2,7-8H2,(H,17,18). The molecule has 1 amide bonds. The van der Waals surface area contributed by atoms with E-state index in [1.54, 1.807) is 0 Å². The Bertz CT molecular complexity index is 436. The maximum atomic E-state index is 12.3. The van der Waals surface area contributed by atoms with E-state index >= 15 is 0 Å². The van der Waals surface area contributed by atoms with E-state index in [0.29, 0.717) is 12.3 Å². The number of alkyl halides is 3. The Hall–Kier alpha value is -1.56. The lowest BCUT2D eigenvalue weighted by Gasteiger charge is -2.11. The molecule has 0 spiro atoms. The molecule has 1 atom stereocenters. The van der Waals surface area contributed by atoms with Gasteiger partial charge in [-0.1, -0.05) is 0 Å². The van der Waals surface area contributed by atoms with Crippen LogP contribution in [0.5, 0.6) is 0 Å². The van der Waals surface area contributed by atoms with Gasteiger partial charge in [-0.15, -0.1) is 0 Å². The van der Waals surface area contributed by atoms with Gasteiger partial charge in [0, 0.05) is 12.3 Å². The maximum Gasteiger partial charge on any atom is 0.416 e. The third-order valence-corrected chi connectivity index (χ3v) is 2.93. The summed E-state index contributed by atoms with van der Waals surface area (Å²) in [5.74, 6) is -0.244. The highest BCUT2D eigenvalue weighted by Crippen LogP contribution is 2.29. The molecule has 1 heterocycles. The second-order valence-corrected chi connectivity index (χ2v) is 4.46. The summed E-state index contributed by atoms with van der Waals surface area (Å²) in [4.78, 5) is 11.6. The SMILES string of the molecule is O=C(CC1CCCO1)Nc1ccc(C(F)(F)F)cc1. The second kappa shape index (κ2) is 5.61. The molecule has 3 nitrogen and oxygen atoms in total. The van der Waals surface area contributed by atoms with E-state index < -0.39 is 11.7 Å². The zero-order valence-electron chi connectivity index (χ0n) is 10.2. The summed E-state index contributed by atoms with van der Waals surface area (Å²) in [5, 5.41) is 2.56. The van der Waals surface area contributed by atoms with Crippen molar-refractivity contribution in [1.82, 2.24) is 0 Å². The lowest BCUT2D eigenvalue weighted by atomic mass is 10.1. The van der Waals surface area contributed by atoms with Gasteiger partial charge in [0.15, 0.2) is 0 Å². The molecule has 6 heteroatoms. The Morgan fingerprint density at radius 1 is 1.32 bits per heavy atom. The smallest absolute Gasteiger partial charge is 0.378 e. The topological polar surface area (TPSA) is 38.3 Å². The van der Waals surface area contributed by atoms with Gasteiger partial charge in [-0.25, -0.2) is 0 Å². The molecule has 19 heavy (non-hydrogen) atoms. The number of anilines is 1. The molecule has 1 fully saturated rings. The number of benzene rings is 1. The summed E-state index contributed by atoms with van der Waals surface area (Å²) < 4.78 is 42.4. The Labute approximate surface area is 108 Å². The van der Waals surface area contributed by atoms with Crippen LogP contribution < -0.4 is 5.32 Å². The van der Waals surface area contributed by atoms with Crippen LogP contribution in [-0.2, 0) is 15.7 Å². The van der Waals surface area contributed by atoms with Crippen molar-refractivity contribution in [1.29, 1.82) is 0 Å². The van der Waals surface area contributed by atoms with E-state index in [4.69, 9.17) is 4.74 Å². The molecule has 0 bridgehead atoms. The van der Waals surface area contributed by atoms with E-state index in [2.05, 4.69) is 5.32 Å². The van der Waals surface area contributed by atoms with Gasteiger partial charge in [-0.3, -0.25) is 4.79 Å². The van der Waals surface area contributed by atoms with E-state index in [-0.39, 0.29) is 18.4 Å². The third kappa shape index (κ3) is 3.96. The number of nitrogens with one attached hydrogen (secondary N) is 1. The molecular formula is C13H14F3NO2. The minimum atomic E-state index is -4.36. The molecule has 0 saturated carbocycles. The molecular weight excluding hydrogens is 259 g/mol. The summed E-state index contributed by atoms with van der Waals surface area (Å²) in [6.07, 6.45) is -2.41. The first-order valence-electron chi connectivity index (χ1n) is 6.04. The lowest BCUT2D eigenvalue weighted by molar-refractivity contribution is -0.137. The van der Waals surface area contributed by atoms with Crippen molar-refractivity contribution >= 4 is 11.6 Å². The quantitative estimate of drug-likeness (QED) is 0.918. The van der Waals surface area contributed by atoms with Gasteiger partial charge >= 0.3 is 6.18 Å². The van der Waals surface area contributed by atoms with Crippen molar-refractivity contribution in [3.63, 3.8) is 0 Å². The van der Waals surface area contributed by atoms with Gasteiger partial charge in [0.2, 0.25) is 5.91 Å². The van der Waals surface area contributed by atoms with Crippen LogP contribution in [0.4, 0.5) is 18.9 Å². The third-order valence-electron chi connectivity index (χ3n) is 2.93. The maximum absolute atomic E-state index is 12.3. The molecule has 1 aromatic carbocycles. The first-order valence-corrected chi connectivity index (χ1v) is 6.04. The largest absolute Gasteiger partial charge is 0.416 e. The van der Waals surface area contributed by atoms with E-state index in [9.17, 15) is 18.0 Å². The van der Waals surface area contributed by atoms with Crippen LogP contribution in [-0.4, -0.2) is 18.6 Å². The first-order chi connectivity index (χ1) is 8.95. The zero-order chi connectivity index (χ0) is 13.9. The molecule has 0 radical (unpaired) electrons. The molecule has 104 valence electrons. The summed E-state index contributed by atoms with van der Waals surface area (Å²) in [7, 11) is 0. The number of amides is 1. The van der Waals surface area contributed by atoms with Gasteiger partial charge in [0.25, 0.3) is 0 Å². The number of carbonyl (C=O) groups excluding carboxylic acids is 1. The molecule has 1 aliphatic heterocycles. The number of hydrogen-bond acceptors (Lipinski definition) is 2. The van der Waals surface area contributed by atoms with Gasteiger partial charge in [-0.05, 0) is 37.1 Å². The van der Waals surface area contributed by atoms with Crippen molar-refractivity contribution in [2.24, 2.45) is 0 Å². The zero-order valence-corrected chi connectivity index (χ0v) is 10.2. The van der Waals surface area contributed by atoms with Crippen LogP contribution in [0.1, 0.15) is 24.8 Å². The van der Waals surface area contributed by atoms with Crippen molar-refractivity contribution in [3.8, 4) is 0 Å². The number of ether oxygens (including phenoxy) is 1. The molecule has 1 aromatic rings. The molecule has 1 aliphatic rings. The number of hydrogen-bond donors (Lipinski definition) is 1. The highest BCUT2D eigenvalue weighted by atomic mass is 19.4. The monoisotopic (exact) mass is 273 g/mol. The van der Waals surface area contributed by atoms with Crippen LogP contribution in [0.15, 0.2) is 24.3 Å². The van der Waals surface area contributed by atoms with Crippen LogP contribution >= 0.6 is 0 Å². The van der Waals surface area contributed by atoms with Crippen molar-refractivity contribution in [2.75, 3.05) is 11.9 Å². The summed E-state index contributed by atoms with van der Waals surface area (Å²) >= 11 is 0. The average molecular weight is 273 g/mol. The highest BCUT2D eigenvalue weighted by Gasteiger charge is 2.30.